The van der Waals surface area contributed by atoms with Crippen LogP contribution in [0.5, 0.6) is 11.5 Å². The predicted molar refractivity (Wildman–Crippen MR) is 82.0 cm³/mol. The van der Waals surface area contributed by atoms with Crippen LogP contribution in [-0.2, 0) is 6.54 Å². The Kier molecular flexibility index (Phi) is 3.15. The highest BCUT2D eigenvalue weighted by atomic mass is 19.1. The number of carbonyl (C=O) groups excluding carboxylic acids is 1. The molecule has 5 nitrogen and oxygen atoms in total. The van der Waals surface area contributed by atoms with E-state index in [1.54, 1.807) is 12.1 Å². The maximum atomic E-state index is 13.2. The van der Waals surface area contributed by atoms with Gasteiger partial charge >= 0.3 is 0 Å². The SMILES string of the molecule is O=C(NCc1cccc2c1OCO2)c1cc2cc(F)ccc2[nH]1. The molecule has 23 heavy (non-hydrogen) atoms. The molecule has 2 aromatic carbocycles. The van der Waals surface area contributed by atoms with Crippen LogP contribution in [-0.4, -0.2) is 17.7 Å². The molecule has 6 heteroatoms. The summed E-state index contributed by atoms with van der Waals surface area (Å²) in [5, 5.41) is 3.48. The first-order valence-corrected chi connectivity index (χ1v) is 7.15. The molecule has 0 saturated carbocycles. The fourth-order valence-electron chi connectivity index (χ4n) is 2.63. The Morgan fingerprint density at radius 2 is 2.13 bits per heavy atom. The molecule has 0 radical (unpaired) electrons. The summed E-state index contributed by atoms with van der Waals surface area (Å²) in [6, 6.07) is 11.5. The number of H-pyrrole nitrogens is 1. The Hall–Kier alpha value is -3.02. The van der Waals surface area contributed by atoms with E-state index in [1.165, 1.54) is 12.1 Å². The quantitative estimate of drug-likeness (QED) is 0.781. The van der Waals surface area contributed by atoms with Gasteiger partial charge in [-0.15, -0.1) is 0 Å². The predicted octanol–water partition coefficient (Wildman–Crippen LogP) is 2.97. The van der Waals surface area contributed by atoms with Crippen LogP contribution in [0.4, 0.5) is 4.39 Å². The Balaban J connectivity index is 1.52. The van der Waals surface area contributed by atoms with E-state index >= 15 is 0 Å². The summed E-state index contributed by atoms with van der Waals surface area (Å²) >= 11 is 0. The first-order valence-electron chi connectivity index (χ1n) is 7.15. The molecule has 0 spiro atoms. The van der Waals surface area contributed by atoms with E-state index in [4.69, 9.17) is 9.47 Å². The van der Waals surface area contributed by atoms with Crippen LogP contribution < -0.4 is 14.8 Å². The molecule has 1 aliphatic heterocycles. The molecule has 116 valence electrons. The molecule has 2 heterocycles. The van der Waals surface area contributed by atoms with Crippen molar-refractivity contribution in [2.45, 2.75) is 6.54 Å². The number of para-hydroxylation sites is 1. The van der Waals surface area contributed by atoms with Gasteiger partial charge in [0.1, 0.15) is 11.5 Å². The second-order valence-electron chi connectivity index (χ2n) is 5.25. The molecule has 0 aliphatic carbocycles. The number of hydrogen-bond donors (Lipinski definition) is 2. The van der Waals surface area contributed by atoms with Crippen molar-refractivity contribution < 1.29 is 18.7 Å². The van der Waals surface area contributed by atoms with Gasteiger partial charge in [0.05, 0.1) is 0 Å². The molecule has 0 fully saturated rings. The number of fused-ring (bicyclic) bond motifs is 2. The van der Waals surface area contributed by atoms with E-state index < -0.39 is 0 Å². The Bertz CT molecular complexity index is 904. The van der Waals surface area contributed by atoms with Gasteiger partial charge in [-0.05, 0) is 30.3 Å². The van der Waals surface area contributed by atoms with Gasteiger partial charge in [-0.1, -0.05) is 12.1 Å². The zero-order valence-electron chi connectivity index (χ0n) is 12.1. The van der Waals surface area contributed by atoms with Crippen molar-refractivity contribution in [3.05, 3.63) is 59.5 Å². The molecule has 0 atom stereocenters. The third-order valence-electron chi connectivity index (χ3n) is 3.74. The summed E-state index contributed by atoms with van der Waals surface area (Å²) in [4.78, 5) is 15.2. The highest BCUT2D eigenvalue weighted by Gasteiger charge is 2.18. The van der Waals surface area contributed by atoms with Gasteiger partial charge in [-0.3, -0.25) is 4.79 Å². The van der Waals surface area contributed by atoms with Gasteiger partial charge in [0, 0.05) is 23.0 Å². The van der Waals surface area contributed by atoms with E-state index in [0.717, 1.165) is 5.56 Å². The van der Waals surface area contributed by atoms with Crippen molar-refractivity contribution in [3.63, 3.8) is 0 Å². The topological polar surface area (TPSA) is 63.4 Å². The zero-order valence-corrected chi connectivity index (χ0v) is 12.1. The van der Waals surface area contributed by atoms with Gasteiger partial charge in [0.25, 0.3) is 5.91 Å². The molecule has 0 unspecified atom stereocenters. The van der Waals surface area contributed by atoms with Crippen LogP contribution in [0, 0.1) is 5.82 Å². The van der Waals surface area contributed by atoms with Crippen molar-refractivity contribution in [1.29, 1.82) is 0 Å². The lowest BCUT2D eigenvalue weighted by Gasteiger charge is -2.07. The number of amides is 1. The van der Waals surface area contributed by atoms with Crippen molar-refractivity contribution in [1.82, 2.24) is 10.3 Å². The molecule has 3 aromatic rings. The second-order valence-corrected chi connectivity index (χ2v) is 5.25. The number of hydrogen-bond acceptors (Lipinski definition) is 3. The highest BCUT2D eigenvalue weighted by molar-refractivity contribution is 5.98. The smallest absolute Gasteiger partial charge is 0.267 e. The average molecular weight is 312 g/mol. The fraction of sp³-hybridized carbons (Fsp3) is 0.118. The summed E-state index contributed by atoms with van der Waals surface area (Å²) < 4.78 is 23.9. The standard InChI is InChI=1S/C17H13FN2O3/c18-12-4-5-13-11(6-12)7-14(20-13)17(21)19-8-10-2-1-3-15-16(10)23-9-22-15/h1-7,20H,8-9H2,(H,19,21). The number of aromatic nitrogens is 1. The van der Waals surface area contributed by atoms with Crippen LogP contribution in [0.2, 0.25) is 0 Å². The molecule has 1 aromatic heterocycles. The lowest BCUT2D eigenvalue weighted by molar-refractivity contribution is 0.0946. The minimum atomic E-state index is -0.333. The minimum absolute atomic E-state index is 0.188. The number of rotatable bonds is 3. The molecule has 1 aliphatic rings. The number of aromatic amines is 1. The van der Waals surface area contributed by atoms with Gasteiger partial charge < -0.3 is 19.8 Å². The number of ether oxygens (including phenoxy) is 2. The second kappa shape index (κ2) is 5.31. The minimum Gasteiger partial charge on any atom is -0.454 e. The molecule has 0 saturated heterocycles. The fourth-order valence-corrected chi connectivity index (χ4v) is 2.63. The van der Waals surface area contributed by atoms with Gasteiger partial charge in [-0.2, -0.15) is 0 Å². The molecular weight excluding hydrogens is 299 g/mol. The zero-order chi connectivity index (χ0) is 15.8. The van der Waals surface area contributed by atoms with Gasteiger partial charge in [0.2, 0.25) is 6.79 Å². The Morgan fingerprint density at radius 1 is 1.22 bits per heavy atom. The van der Waals surface area contributed by atoms with Crippen LogP contribution in [0.25, 0.3) is 10.9 Å². The van der Waals surface area contributed by atoms with Crippen LogP contribution >= 0.6 is 0 Å². The number of nitrogens with one attached hydrogen (secondary N) is 2. The van der Waals surface area contributed by atoms with E-state index in [0.29, 0.717) is 34.6 Å². The lowest BCUT2D eigenvalue weighted by atomic mass is 10.2. The summed E-state index contributed by atoms with van der Waals surface area (Å²) in [5.41, 5.74) is 1.94. The van der Waals surface area contributed by atoms with Crippen molar-refractivity contribution in [2.24, 2.45) is 0 Å². The van der Waals surface area contributed by atoms with E-state index in [2.05, 4.69) is 10.3 Å². The van der Waals surface area contributed by atoms with E-state index in [9.17, 15) is 9.18 Å². The maximum absolute atomic E-state index is 13.2. The molecule has 4 rings (SSSR count). The number of carbonyl (C=O) groups is 1. The highest BCUT2D eigenvalue weighted by Crippen LogP contribution is 2.35. The summed E-state index contributed by atoms with van der Waals surface area (Å²) in [6.45, 7) is 0.503. The Morgan fingerprint density at radius 3 is 3.04 bits per heavy atom. The summed E-state index contributed by atoms with van der Waals surface area (Å²) in [5.74, 6) is 0.739. The van der Waals surface area contributed by atoms with Crippen molar-refractivity contribution >= 4 is 16.8 Å². The van der Waals surface area contributed by atoms with E-state index in [1.807, 2.05) is 18.2 Å². The van der Waals surface area contributed by atoms with Crippen molar-refractivity contribution in [2.75, 3.05) is 6.79 Å². The van der Waals surface area contributed by atoms with Gasteiger partial charge in [0.15, 0.2) is 11.5 Å². The lowest BCUT2D eigenvalue weighted by Crippen LogP contribution is -2.23. The first-order chi connectivity index (χ1) is 11.2. The summed E-state index contributed by atoms with van der Waals surface area (Å²) in [6.07, 6.45) is 0. The van der Waals surface area contributed by atoms with Crippen LogP contribution in [0.1, 0.15) is 16.1 Å². The molecule has 0 bridgehead atoms. The molecule has 2 N–H and O–H groups in total. The number of benzene rings is 2. The average Bonchev–Trinajstić information content (AvgIpc) is 3.18. The maximum Gasteiger partial charge on any atom is 0.267 e. The molecular formula is C17H13FN2O3. The van der Waals surface area contributed by atoms with Crippen LogP contribution in [0.3, 0.4) is 0 Å². The normalized spacial score (nSPS) is 12.6. The monoisotopic (exact) mass is 312 g/mol. The Labute approximate surface area is 131 Å². The molecule has 1 amide bonds. The van der Waals surface area contributed by atoms with E-state index in [-0.39, 0.29) is 18.5 Å². The summed E-state index contributed by atoms with van der Waals surface area (Å²) in [7, 11) is 0. The largest absolute Gasteiger partial charge is 0.454 e. The van der Waals surface area contributed by atoms with Crippen molar-refractivity contribution in [3.8, 4) is 11.5 Å². The van der Waals surface area contributed by atoms with Gasteiger partial charge in [-0.25, -0.2) is 4.39 Å². The first kappa shape index (κ1) is 13.6. The third-order valence-corrected chi connectivity index (χ3v) is 3.74. The number of halogens is 1. The third kappa shape index (κ3) is 2.48. The van der Waals surface area contributed by atoms with Crippen LogP contribution in [0.15, 0.2) is 42.5 Å².